The highest BCUT2D eigenvalue weighted by atomic mass is 35.5. The summed E-state index contributed by atoms with van der Waals surface area (Å²) in [5.41, 5.74) is 0.218. The summed E-state index contributed by atoms with van der Waals surface area (Å²) in [6.45, 7) is 7.04. The molecule has 0 atom stereocenters. The summed E-state index contributed by atoms with van der Waals surface area (Å²) in [7, 11) is 0. The summed E-state index contributed by atoms with van der Waals surface area (Å²) in [6.07, 6.45) is 0.924. The van der Waals surface area contributed by atoms with Crippen LogP contribution >= 0.6 is 22.9 Å². The first-order chi connectivity index (χ1) is 5.88. The van der Waals surface area contributed by atoms with E-state index in [9.17, 15) is 4.79 Å². The molecule has 0 aliphatic heterocycles. The lowest BCUT2D eigenvalue weighted by molar-refractivity contribution is 0.339. The molecule has 0 aliphatic rings. The Kier molecular flexibility index (Phi) is 3.14. The van der Waals surface area contributed by atoms with Crippen LogP contribution in [0.2, 0.25) is 4.47 Å². The van der Waals surface area contributed by atoms with E-state index in [0.29, 0.717) is 11.0 Å². The highest BCUT2D eigenvalue weighted by molar-refractivity contribution is 7.13. The molecular formula is C8H13ClN2OS. The normalized spacial score (nSPS) is 12.0. The number of aromatic nitrogens is 2. The van der Waals surface area contributed by atoms with Crippen molar-refractivity contribution >= 4 is 22.9 Å². The molecule has 5 heteroatoms. The molecule has 13 heavy (non-hydrogen) atoms. The van der Waals surface area contributed by atoms with Gasteiger partial charge in [-0.1, -0.05) is 20.8 Å². The summed E-state index contributed by atoms with van der Waals surface area (Å²) in [4.78, 5) is 11.1. The molecule has 0 bridgehead atoms. The smallest absolute Gasteiger partial charge is 0.255 e. The Labute approximate surface area is 86.3 Å². The van der Waals surface area contributed by atoms with Crippen LogP contribution in [0.4, 0.5) is 0 Å². The minimum absolute atomic E-state index is 0.0748. The third kappa shape index (κ3) is 3.48. The lowest BCUT2D eigenvalue weighted by Gasteiger charge is -2.16. The molecule has 74 valence electrons. The van der Waals surface area contributed by atoms with E-state index < -0.39 is 0 Å². The highest BCUT2D eigenvalue weighted by Gasteiger charge is 2.12. The Morgan fingerprint density at radius 1 is 1.54 bits per heavy atom. The largest absolute Gasteiger partial charge is 0.326 e. The maximum atomic E-state index is 11.2. The molecule has 0 aliphatic carbocycles. The van der Waals surface area contributed by atoms with E-state index in [1.807, 2.05) is 0 Å². The second-order valence-corrected chi connectivity index (χ2v) is 5.68. The molecule has 0 N–H and O–H groups in total. The summed E-state index contributed by atoms with van der Waals surface area (Å²) in [6, 6.07) is 0. The third-order valence-electron chi connectivity index (χ3n) is 1.66. The summed E-state index contributed by atoms with van der Waals surface area (Å²) in [5, 5.41) is 3.90. The minimum Gasteiger partial charge on any atom is -0.255 e. The van der Waals surface area contributed by atoms with E-state index in [2.05, 4.69) is 25.9 Å². The molecule has 3 nitrogen and oxygen atoms in total. The SMILES string of the molecule is CC(C)(C)CCn1nc(Cl)sc1=O. The van der Waals surface area contributed by atoms with Crippen molar-refractivity contribution in [3.05, 3.63) is 14.1 Å². The Balaban J connectivity index is 2.65. The molecule has 1 heterocycles. The van der Waals surface area contributed by atoms with Crippen LogP contribution in [0.5, 0.6) is 0 Å². The van der Waals surface area contributed by atoms with Crippen molar-refractivity contribution in [1.29, 1.82) is 0 Å². The molecule has 0 amide bonds. The van der Waals surface area contributed by atoms with E-state index in [1.54, 1.807) is 0 Å². The van der Waals surface area contributed by atoms with Gasteiger partial charge in [0.1, 0.15) is 0 Å². The zero-order valence-corrected chi connectivity index (χ0v) is 9.58. The van der Waals surface area contributed by atoms with Crippen LogP contribution in [-0.4, -0.2) is 9.78 Å². The molecule has 1 aromatic heterocycles. The van der Waals surface area contributed by atoms with Crippen molar-refractivity contribution < 1.29 is 0 Å². The van der Waals surface area contributed by atoms with Gasteiger partial charge in [0.05, 0.1) is 0 Å². The van der Waals surface area contributed by atoms with E-state index in [-0.39, 0.29) is 10.3 Å². The van der Waals surface area contributed by atoms with E-state index >= 15 is 0 Å². The summed E-state index contributed by atoms with van der Waals surface area (Å²) < 4.78 is 1.75. The number of nitrogens with zero attached hydrogens (tertiary/aromatic N) is 2. The molecule has 0 unspecified atom stereocenters. The maximum absolute atomic E-state index is 11.2. The van der Waals surface area contributed by atoms with Crippen molar-refractivity contribution in [1.82, 2.24) is 9.78 Å². The lowest BCUT2D eigenvalue weighted by Crippen LogP contribution is -2.18. The van der Waals surface area contributed by atoms with Crippen LogP contribution in [0, 0.1) is 5.41 Å². The first-order valence-corrected chi connectivity index (χ1v) is 5.31. The summed E-state index contributed by atoms with van der Waals surface area (Å²) >= 11 is 6.58. The van der Waals surface area contributed by atoms with Crippen LogP contribution in [0.3, 0.4) is 0 Å². The number of hydrogen-bond acceptors (Lipinski definition) is 3. The minimum atomic E-state index is -0.0748. The van der Waals surface area contributed by atoms with E-state index in [4.69, 9.17) is 11.6 Å². The van der Waals surface area contributed by atoms with Gasteiger partial charge in [-0.3, -0.25) is 4.79 Å². The van der Waals surface area contributed by atoms with Gasteiger partial charge >= 0.3 is 4.87 Å². The Bertz CT molecular complexity index is 337. The average Bonchev–Trinajstić information content (AvgIpc) is 2.24. The maximum Gasteiger partial charge on any atom is 0.326 e. The van der Waals surface area contributed by atoms with Gasteiger partial charge in [0, 0.05) is 6.54 Å². The molecular weight excluding hydrogens is 208 g/mol. The van der Waals surface area contributed by atoms with Crippen molar-refractivity contribution in [3.63, 3.8) is 0 Å². The zero-order chi connectivity index (χ0) is 10.1. The Morgan fingerprint density at radius 2 is 2.15 bits per heavy atom. The van der Waals surface area contributed by atoms with Crippen LogP contribution < -0.4 is 4.87 Å². The predicted molar refractivity (Wildman–Crippen MR) is 55.5 cm³/mol. The number of rotatable bonds is 2. The van der Waals surface area contributed by atoms with Gasteiger partial charge in [0.15, 0.2) is 0 Å². The van der Waals surface area contributed by atoms with Crippen molar-refractivity contribution in [2.45, 2.75) is 33.7 Å². The third-order valence-corrected chi connectivity index (χ3v) is 2.60. The Hall–Kier alpha value is -0.350. The van der Waals surface area contributed by atoms with Crippen LogP contribution in [0.25, 0.3) is 0 Å². The second-order valence-electron chi connectivity index (χ2n) is 4.15. The summed E-state index contributed by atoms with van der Waals surface area (Å²) in [5.74, 6) is 0. The van der Waals surface area contributed by atoms with Gasteiger partial charge in [0.25, 0.3) is 0 Å². The first kappa shape index (κ1) is 10.7. The van der Waals surface area contributed by atoms with Gasteiger partial charge in [-0.15, -0.1) is 5.10 Å². The van der Waals surface area contributed by atoms with Gasteiger partial charge in [-0.25, -0.2) is 4.68 Å². The topological polar surface area (TPSA) is 34.9 Å². The lowest BCUT2D eigenvalue weighted by atomic mass is 9.92. The predicted octanol–water partition coefficient (Wildman–Crippen LogP) is 2.39. The molecule has 0 fully saturated rings. The standard InChI is InChI=1S/C8H13ClN2OS/c1-8(2,3)4-5-11-7(12)13-6(9)10-11/h4-5H2,1-3H3. The van der Waals surface area contributed by atoms with Gasteiger partial charge in [0.2, 0.25) is 4.47 Å². The quantitative estimate of drug-likeness (QED) is 0.767. The fourth-order valence-electron chi connectivity index (χ4n) is 0.863. The molecule has 0 radical (unpaired) electrons. The monoisotopic (exact) mass is 220 g/mol. The van der Waals surface area contributed by atoms with Crippen LogP contribution in [-0.2, 0) is 6.54 Å². The molecule has 0 aromatic carbocycles. The average molecular weight is 221 g/mol. The first-order valence-electron chi connectivity index (χ1n) is 4.12. The van der Waals surface area contributed by atoms with Crippen molar-refractivity contribution in [3.8, 4) is 0 Å². The molecule has 0 saturated heterocycles. The Morgan fingerprint density at radius 3 is 2.54 bits per heavy atom. The van der Waals surface area contributed by atoms with Gasteiger partial charge in [-0.2, -0.15) is 0 Å². The van der Waals surface area contributed by atoms with Crippen LogP contribution in [0.1, 0.15) is 27.2 Å². The fraction of sp³-hybridized carbons (Fsp3) is 0.750. The second kappa shape index (κ2) is 3.80. The van der Waals surface area contributed by atoms with E-state index in [0.717, 1.165) is 17.8 Å². The number of hydrogen-bond donors (Lipinski definition) is 0. The van der Waals surface area contributed by atoms with Crippen LogP contribution in [0.15, 0.2) is 4.79 Å². The molecule has 0 spiro atoms. The van der Waals surface area contributed by atoms with Crippen molar-refractivity contribution in [2.75, 3.05) is 0 Å². The molecule has 0 saturated carbocycles. The number of aryl methyl sites for hydroxylation is 1. The van der Waals surface area contributed by atoms with Gasteiger partial charge < -0.3 is 0 Å². The van der Waals surface area contributed by atoms with E-state index in [1.165, 1.54) is 4.68 Å². The molecule has 1 aromatic rings. The zero-order valence-electron chi connectivity index (χ0n) is 8.00. The highest BCUT2D eigenvalue weighted by Crippen LogP contribution is 2.19. The number of halogens is 1. The molecule has 1 rings (SSSR count). The van der Waals surface area contributed by atoms with Crippen molar-refractivity contribution in [2.24, 2.45) is 5.41 Å². The fourth-order valence-corrected chi connectivity index (χ4v) is 1.67. The van der Waals surface area contributed by atoms with Gasteiger partial charge in [-0.05, 0) is 34.8 Å².